The summed E-state index contributed by atoms with van der Waals surface area (Å²) < 4.78 is 4.26. The Morgan fingerprint density at radius 2 is 2.11 bits per heavy atom. The van der Waals surface area contributed by atoms with Crippen molar-refractivity contribution in [3.05, 3.63) is 11.5 Å². The summed E-state index contributed by atoms with van der Waals surface area (Å²) in [6.07, 6.45) is 2.40. The topological polar surface area (TPSA) is 35.6 Å². The Labute approximate surface area is 116 Å². The molecule has 0 aromatic carbocycles. The number of nitrogens with zero attached hydrogens (tertiary/aromatic N) is 4. The van der Waals surface area contributed by atoms with Gasteiger partial charge in [0.25, 0.3) is 0 Å². The zero-order valence-electron chi connectivity index (χ0n) is 10.7. The molecule has 0 aliphatic carbocycles. The van der Waals surface area contributed by atoms with Crippen molar-refractivity contribution >= 4 is 34.5 Å². The van der Waals surface area contributed by atoms with Crippen LogP contribution in [-0.2, 0) is 12.9 Å². The molecule has 3 rings (SSSR count). The summed E-state index contributed by atoms with van der Waals surface area (Å²) in [7, 11) is 1.99. The summed E-state index contributed by atoms with van der Waals surface area (Å²) in [5.74, 6) is 3.91. The Morgan fingerprint density at radius 1 is 1.39 bits per heavy atom. The van der Waals surface area contributed by atoms with Crippen LogP contribution in [0.25, 0.3) is 11.2 Å². The normalized spacial score (nSPS) is 17.7. The van der Waals surface area contributed by atoms with Gasteiger partial charge >= 0.3 is 0 Å². The minimum atomic E-state index is 0.470. The molecule has 6 heteroatoms. The maximum atomic E-state index is 6.07. The molecule has 1 aliphatic rings. The number of hydrogen-bond acceptors (Lipinski definition) is 3. The third kappa shape index (κ3) is 1.84. The number of thioether (sulfide) groups is 1. The summed E-state index contributed by atoms with van der Waals surface area (Å²) in [5.41, 5.74) is 3.12. The van der Waals surface area contributed by atoms with Crippen LogP contribution in [0.3, 0.4) is 0 Å². The molecule has 3 heterocycles. The standard InChI is InChI=1S/C12H17ClN4S/c1-8-11-12(16(2)15-8)17(10(7-13)14-11)9-3-5-18-6-4-9/h9H,3-7H2,1-2H3. The van der Waals surface area contributed by atoms with E-state index in [1.807, 2.05) is 30.4 Å². The maximum absolute atomic E-state index is 6.07. The maximum Gasteiger partial charge on any atom is 0.158 e. The van der Waals surface area contributed by atoms with Gasteiger partial charge in [0, 0.05) is 13.1 Å². The molecular weight excluding hydrogens is 268 g/mol. The van der Waals surface area contributed by atoms with Gasteiger partial charge in [0.2, 0.25) is 0 Å². The van der Waals surface area contributed by atoms with Crippen LogP contribution in [0.5, 0.6) is 0 Å². The van der Waals surface area contributed by atoms with E-state index in [4.69, 9.17) is 11.6 Å². The third-order valence-corrected chi connectivity index (χ3v) is 4.87. The SMILES string of the molecule is Cc1nn(C)c2c1nc(CCl)n2C1CCSCC1. The van der Waals surface area contributed by atoms with Crippen LogP contribution < -0.4 is 0 Å². The molecule has 1 fully saturated rings. The van der Waals surface area contributed by atoms with Crippen molar-refractivity contribution in [2.45, 2.75) is 31.7 Å². The van der Waals surface area contributed by atoms with Crippen molar-refractivity contribution in [1.82, 2.24) is 19.3 Å². The van der Waals surface area contributed by atoms with Gasteiger partial charge in [-0.3, -0.25) is 4.68 Å². The van der Waals surface area contributed by atoms with E-state index in [2.05, 4.69) is 14.6 Å². The summed E-state index contributed by atoms with van der Waals surface area (Å²) >= 11 is 8.10. The highest BCUT2D eigenvalue weighted by atomic mass is 35.5. The number of aromatic nitrogens is 4. The number of alkyl halides is 1. The largest absolute Gasteiger partial charge is 0.309 e. The lowest BCUT2D eigenvalue weighted by Crippen LogP contribution is -2.18. The predicted molar refractivity (Wildman–Crippen MR) is 76.4 cm³/mol. The van der Waals surface area contributed by atoms with E-state index in [0.29, 0.717) is 11.9 Å². The average Bonchev–Trinajstić information content (AvgIpc) is 2.90. The minimum absolute atomic E-state index is 0.470. The first-order chi connectivity index (χ1) is 8.72. The van der Waals surface area contributed by atoms with Crippen molar-refractivity contribution in [3.8, 4) is 0 Å². The quantitative estimate of drug-likeness (QED) is 0.796. The third-order valence-electron chi connectivity index (χ3n) is 3.58. The highest BCUT2D eigenvalue weighted by molar-refractivity contribution is 7.99. The van der Waals surface area contributed by atoms with Crippen LogP contribution in [0.15, 0.2) is 0 Å². The fraction of sp³-hybridized carbons (Fsp3) is 0.667. The van der Waals surface area contributed by atoms with E-state index in [1.54, 1.807) is 0 Å². The Morgan fingerprint density at radius 3 is 2.78 bits per heavy atom. The molecule has 98 valence electrons. The van der Waals surface area contributed by atoms with Crippen molar-refractivity contribution in [2.75, 3.05) is 11.5 Å². The van der Waals surface area contributed by atoms with Crippen molar-refractivity contribution in [2.24, 2.45) is 7.05 Å². The minimum Gasteiger partial charge on any atom is -0.309 e. The molecule has 0 bridgehead atoms. The zero-order chi connectivity index (χ0) is 12.7. The monoisotopic (exact) mass is 284 g/mol. The lowest BCUT2D eigenvalue weighted by molar-refractivity contribution is 0.461. The Bertz CT molecular complexity index is 568. The summed E-state index contributed by atoms with van der Waals surface area (Å²) in [6, 6.07) is 0.528. The van der Waals surface area contributed by atoms with Gasteiger partial charge in [0.05, 0.1) is 11.6 Å². The van der Waals surface area contributed by atoms with Crippen LogP contribution in [0.4, 0.5) is 0 Å². The van der Waals surface area contributed by atoms with E-state index in [-0.39, 0.29) is 0 Å². The highest BCUT2D eigenvalue weighted by Crippen LogP contribution is 2.32. The van der Waals surface area contributed by atoms with Gasteiger partial charge in [-0.25, -0.2) is 4.98 Å². The molecule has 0 radical (unpaired) electrons. The van der Waals surface area contributed by atoms with Crippen LogP contribution in [0.2, 0.25) is 0 Å². The van der Waals surface area contributed by atoms with Crippen LogP contribution in [0, 0.1) is 6.92 Å². The summed E-state index contributed by atoms with van der Waals surface area (Å²) in [4.78, 5) is 4.67. The van der Waals surface area contributed by atoms with Gasteiger partial charge < -0.3 is 4.57 Å². The van der Waals surface area contributed by atoms with Crippen LogP contribution >= 0.6 is 23.4 Å². The van der Waals surface area contributed by atoms with Gasteiger partial charge in [0.1, 0.15) is 11.3 Å². The fourth-order valence-corrected chi connectivity index (χ4v) is 4.03. The predicted octanol–water partition coefficient (Wildman–Crippen LogP) is 2.89. The van der Waals surface area contributed by atoms with Crippen molar-refractivity contribution in [1.29, 1.82) is 0 Å². The second-order valence-electron chi connectivity index (χ2n) is 4.76. The molecule has 0 N–H and O–H groups in total. The molecule has 1 saturated heterocycles. The number of halogens is 1. The van der Waals surface area contributed by atoms with E-state index in [0.717, 1.165) is 22.7 Å². The second kappa shape index (κ2) is 4.78. The van der Waals surface area contributed by atoms with E-state index in [1.165, 1.54) is 24.3 Å². The molecule has 0 saturated carbocycles. The molecule has 0 unspecified atom stereocenters. The molecule has 2 aromatic rings. The first kappa shape index (κ1) is 12.4. The van der Waals surface area contributed by atoms with E-state index >= 15 is 0 Å². The number of fused-ring (bicyclic) bond motifs is 1. The van der Waals surface area contributed by atoms with E-state index < -0.39 is 0 Å². The average molecular weight is 285 g/mol. The number of imidazole rings is 1. The van der Waals surface area contributed by atoms with Crippen LogP contribution in [-0.4, -0.2) is 30.8 Å². The van der Waals surface area contributed by atoms with Gasteiger partial charge in [-0.15, -0.1) is 11.6 Å². The first-order valence-corrected chi connectivity index (χ1v) is 7.95. The van der Waals surface area contributed by atoms with Crippen molar-refractivity contribution < 1.29 is 0 Å². The van der Waals surface area contributed by atoms with E-state index in [9.17, 15) is 0 Å². The molecule has 0 amide bonds. The molecule has 2 aromatic heterocycles. The molecular formula is C12H17ClN4S. The van der Waals surface area contributed by atoms with Gasteiger partial charge in [-0.2, -0.15) is 16.9 Å². The zero-order valence-corrected chi connectivity index (χ0v) is 12.3. The van der Waals surface area contributed by atoms with Crippen LogP contribution in [0.1, 0.15) is 30.4 Å². The molecule has 0 spiro atoms. The first-order valence-electron chi connectivity index (χ1n) is 6.26. The number of aryl methyl sites for hydroxylation is 2. The number of rotatable bonds is 2. The molecule has 18 heavy (non-hydrogen) atoms. The van der Waals surface area contributed by atoms with Gasteiger partial charge in [0.15, 0.2) is 5.65 Å². The summed E-state index contributed by atoms with van der Waals surface area (Å²) in [5, 5.41) is 4.47. The Hall–Kier alpha value is -0.680. The highest BCUT2D eigenvalue weighted by Gasteiger charge is 2.24. The second-order valence-corrected chi connectivity index (χ2v) is 6.25. The lowest BCUT2D eigenvalue weighted by atomic mass is 10.1. The van der Waals surface area contributed by atoms with Crippen molar-refractivity contribution in [3.63, 3.8) is 0 Å². The molecule has 1 aliphatic heterocycles. The smallest absolute Gasteiger partial charge is 0.158 e. The lowest BCUT2D eigenvalue weighted by Gasteiger charge is -2.24. The molecule has 4 nitrogen and oxygen atoms in total. The Kier molecular flexibility index (Phi) is 3.28. The van der Waals surface area contributed by atoms with Gasteiger partial charge in [-0.1, -0.05) is 0 Å². The Balaban J connectivity index is 2.17. The summed E-state index contributed by atoms with van der Waals surface area (Å²) in [6.45, 7) is 2.01. The molecule has 0 atom stereocenters. The van der Waals surface area contributed by atoms with Gasteiger partial charge in [-0.05, 0) is 31.3 Å². The fourth-order valence-electron chi connectivity index (χ4n) is 2.76. The number of hydrogen-bond donors (Lipinski definition) is 0.